The number of hydrogen-bond donors (Lipinski definition) is 0. The molecule has 0 N–H and O–H groups in total. The zero-order chi connectivity index (χ0) is 15.9. The number of likely N-dealkylation sites (N-methyl/N-ethyl adjacent to an activating group) is 1. The van der Waals surface area contributed by atoms with Crippen molar-refractivity contribution < 1.29 is 8.42 Å². The Balaban J connectivity index is 1.98. The number of anilines is 1. The lowest BCUT2D eigenvalue weighted by molar-refractivity contribution is 0.598. The maximum absolute atomic E-state index is 12.4. The fourth-order valence-electron chi connectivity index (χ4n) is 2.61. The minimum Gasteiger partial charge on any atom is -0.332 e. The van der Waals surface area contributed by atoms with Crippen LogP contribution in [0.2, 0.25) is 0 Å². The molecule has 4 nitrogen and oxygen atoms in total. The van der Waals surface area contributed by atoms with E-state index < -0.39 is 10.0 Å². The molecule has 2 aromatic rings. The second-order valence-electron chi connectivity index (χ2n) is 5.66. The van der Waals surface area contributed by atoms with Gasteiger partial charge in [0.25, 0.3) is 10.0 Å². The lowest BCUT2D eigenvalue weighted by Gasteiger charge is -2.13. The van der Waals surface area contributed by atoms with Crippen molar-refractivity contribution in [1.29, 1.82) is 0 Å². The van der Waals surface area contributed by atoms with Crippen LogP contribution in [-0.2, 0) is 16.4 Å². The van der Waals surface area contributed by atoms with Crippen molar-refractivity contribution in [3.63, 3.8) is 0 Å². The van der Waals surface area contributed by atoms with E-state index in [1.807, 2.05) is 37.9 Å². The van der Waals surface area contributed by atoms with Gasteiger partial charge in [0.15, 0.2) is 0 Å². The smallest absolute Gasteiger partial charge is 0.283 e. The molecule has 0 saturated heterocycles. The van der Waals surface area contributed by atoms with Crippen LogP contribution in [0.4, 0.5) is 5.69 Å². The van der Waals surface area contributed by atoms with Crippen LogP contribution in [0.5, 0.6) is 0 Å². The van der Waals surface area contributed by atoms with Crippen molar-refractivity contribution in [2.24, 2.45) is 4.40 Å². The van der Waals surface area contributed by atoms with Crippen LogP contribution in [0.25, 0.3) is 0 Å². The summed E-state index contributed by atoms with van der Waals surface area (Å²) in [6.07, 6.45) is 0.540. The Hall–Kier alpha value is -2.14. The number of fused-ring (bicyclic) bond motifs is 1. The molecule has 5 heteroatoms. The highest BCUT2D eigenvalue weighted by atomic mass is 32.2. The Morgan fingerprint density at radius 3 is 2.32 bits per heavy atom. The Labute approximate surface area is 131 Å². The minimum absolute atomic E-state index is 0.228. The average molecular weight is 314 g/mol. The highest BCUT2D eigenvalue weighted by molar-refractivity contribution is 7.90. The van der Waals surface area contributed by atoms with Crippen LogP contribution in [0, 0.1) is 13.8 Å². The van der Waals surface area contributed by atoms with Crippen molar-refractivity contribution in [2.75, 3.05) is 11.9 Å². The summed E-state index contributed by atoms with van der Waals surface area (Å²) in [6.45, 7) is 3.95. The van der Waals surface area contributed by atoms with Gasteiger partial charge in [-0.1, -0.05) is 35.4 Å². The van der Waals surface area contributed by atoms with Gasteiger partial charge in [-0.25, -0.2) is 0 Å². The summed E-state index contributed by atoms with van der Waals surface area (Å²) >= 11 is 0. The van der Waals surface area contributed by atoms with Gasteiger partial charge < -0.3 is 4.90 Å². The van der Waals surface area contributed by atoms with Crippen molar-refractivity contribution >= 4 is 21.5 Å². The summed E-state index contributed by atoms with van der Waals surface area (Å²) < 4.78 is 28.9. The lowest BCUT2D eigenvalue weighted by Crippen LogP contribution is -2.23. The van der Waals surface area contributed by atoms with Crippen LogP contribution >= 0.6 is 0 Å². The van der Waals surface area contributed by atoms with Gasteiger partial charge in [-0.15, -0.1) is 4.40 Å². The SMILES string of the molecule is Cc1ccc(S(=O)(=O)N=C2Cc3cc(C)ccc3N2C)cc1. The van der Waals surface area contributed by atoms with Crippen LogP contribution in [0.1, 0.15) is 16.7 Å². The highest BCUT2D eigenvalue weighted by Gasteiger charge is 2.25. The van der Waals surface area contributed by atoms with Crippen LogP contribution < -0.4 is 4.90 Å². The van der Waals surface area contributed by atoms with E-state index in [-0.39, 0.29) is 4.90 Å². The molecule has 0 spiro atoms. The molecule has 0 fully saturated rings. The molecule has 1 aliphatic heterocycles. The third kappa shape index (κ3) is 2.64. The fraction of sp³-hybridized carbons (Fsp3) is 0.235. The van der Waals surface area contributed by atoms with Crippen molar-refractivity contribution in [3.8, 4) is 0 Å². The molecule has 2 aromatic carbocycles. The summed E-state index contributed by atoms with van der Waals surface area (Å²) in [7, 11) is -1.82. The van der Waals surface area contributed by atoms with E-state index in [1.54, 1.807) is 24.3 Å². The largest absolute Gasteiger partial charge is 0.332 e. The molecule has 1 aliphatic rings. The minimum atomic E-state index is -3.67. The molecule has 22 heavy (non-hydrogen) atoms. The van der Waals surface area contributed by atoms with Gasteiger partial charge in [0, 0.05) is 19.2 Å². The molecule has 0 atom stereocenters. The van der Waals surface area contributed by atoms with Crippen molar-refractivity contribution in [3.05, 3.63) is 59.2 Å². The number of benzene rings is 2. The van der Waals surface area contributed by atoms with Gasteiger partial charge in [0.1, 0.15) is 5.84 Å². The van der Waals surface area contributed by atoms with E-state index in [0.717, 1.165) is 22.4 Å². The molecule has 1 heterocycles. The maximum Gasteiger partial charge on any atom is 0.283 e. The number of rotatable bonds is 2. The zero-order valence-corrected chi connectivity index (χ0v) is 13.7. The average Bonchev–Trinajstić information content (AvgIpc) is 2.74. The zero-order valence-electron chi connectivity index (χ0n) is 12.9. The third-order valence-corrected chi connectivity index (χ3v) is 5.20. The first-order valence-corrected chi connectivity index (χ1v) is 8.54. The molecule has 114 valence electrons. The molecule has 0 saturated carbocycles. The predicted molar refractivity (Wildman–Crippen MR) is 89.1 cm³/mol. The first-order valence-electron chi connectivity index (χ1n) is 7.10. The topological polar surface area (TPSA) is 49.7 Å². The van der Waals surface area contributed by atoms with E-state index in [4.69, 9.17) is 0 Å². The normalized spacial score (nSPS) is 16.1. The van der Waals surface area contributed by atoms with Gasteiger partial charge in [-0.2, -0.15) is 8.42 Å². The summed E-state index contributed by atoms with van der Waals surface area (Å²) in [5.74, 6) is 0.557. The van der Waals surface area contributed by atoms with E-state index in [2.05, 4.69) is 10.5 Å². The lowest BCUT2D eigenvalue weighted by atomic mass is 10.1. The van der Waals surface area contributed by atoms with Crippen LogP contribution in [0.15, 0.2) is 51.8 Å². The van der Waals surface area contributed by atoms with Gasteiger partial charge in [0.05, 0.1) is 4.90 Å². The predicted octanol–water partition coefficient (Wildman–Crippen LogP) is 3.08. The summed E-state index contributed by atoms with van der Waals surface area (Å²) in [4.78, 5) is 2.08. The summed E-state index contributed by atoms with van der Waals surface area (Å²) in [5.41, 5.74) is 4.31. The van der Waals surface area contributed by atoms with Gasteiger partial charge in [-0.3, -0.25) is 0 Å². The highest BCUT2D eigenvalue weighted by Crippen LogP contribution is 2.29. The first-order chi connectivity index (χ1) is 10.4. The maximum atomic E-state index is 12.4. The molecule has 0 bridgehead atoms. The summed E-state index contributed by atoms with van der Waals surface area (Å²) in [5, 5.41) is 0. The van der Waals surface area contributed by atoms with Crippen LogP contribution in [0.3, 0.4) is 0 Å². The second-order valence-corrected chi connectivity index (χ2v) is 7.27. The Kier molecular flexibility index (Phi) is 3.53. The molecule has 0 amide bonds. The van der Waals surface area contributed by atoms with E-state index in [9.17, 15) is 8.42 Å². The molecular weight excluding hydrogens is 296 g/mol. The number of hydrogen-bond acceptors (Lipinski definition) is 2. The molecular formula is C17H18N2O2S. The van der Waals surface area contributed by atoms with E-state index in [0.29, 0.717) is 12.3 Å². The number of amidine groups is 1. The van der Waals surface area contributed by atoms with Crippen LogP contribution in [-0.4, -0.2) is 21.3 Å². The quantitative estimate of drug-likeness (QED) is 0.856. The Morgan fingerprint density at radius 1 is 1.00 bits per heavy atom. The number of aryl methyl sites for hydroxylation is 2. The van der Waals surface area contributed by atoms with Crippen molar-refractivity contribution in [2.45, 2.75) is 25.2 Å². The molecule has 0 radical (unpaired) electrons. The molecule has 0 aliphatic carbocycles. The number of nitrogens with zero attached hydrogens (tertiary/aromatic N) is 2. The molecule has 3 rings (SSSR count). The molecule has 0 unspecified atom stereocenters. The first kappa shape index (κ1) is 14.8. The number of sulfonamides is 1. The standard InChI is InChI=1S/C17H18N2O2S/c1-12-4-7-15(8-5-12)22(20,21)18-17-11-14-10-13(2)6-9-16(14)19(17)3/h4-10H,11H2,1-3H3. The fourth-order valence-corrected chi connectivity index (χ4v) is 3.66. The Morgan fingerprint density at radius 2 is 1.64 bits per heavy atom. The monoisotopic (exact) mass is 314 g/mol. The van der Waals surface area contributed by atoms with Gasteiger partial charge in [-0.05, 0) is 37.6 Å². The van der Waals surface area contributed by atoms with E-state index in [1.165, 1.54) is 0 Å². The van der Waals surface area contributed by atoms with Gasteiger partial charge in [0.2, 0.25) is 0 Å². The van der Waals surface area contributed by atoms with Crippen molar-refractivity contribution in [1.82, 2.24) is 0 Å². The molecule has 0 aromatic heterocycles. The van der Waals surface area contributed by atoms with Gasteiger partial charge >= 0.3 is 0 Å². The second kappa shape index (κ2) is 5.25. The Bertz CT molecular complexity index is 853. The van der Waals surface area contributed by atoms with E-state index >= 15 is 0 Å². The summed E-state index contributed by atoms with van der Waals surface area (Å²) in [6, 6.07) is 12.9. The third-order valence-electron chi connectivity index (χ3n) is 3.88.